The third kappa shape index (κ3) is 8.01. The molecule has 1 heterocycles. The van der Waals surface area contributed by atoms with E-state index < -0.39 is 48.3 Å². The van der Waals surface area contributed by atoms with Crippen molar-refractivity contribution < 1.29 is 47.3 Å². The lowest BCUT2D eigenvalue weighted by atomic mass is 9.97. The van der Waals surface area contributed by atoms with Crippen LogP contribution in [0.1, 0.15) is 33.3 Å². The molecule has 0 spiro atoms. The van der Waals surface area contributed by atoms with Gasteiger partial charge in [-0.1, -0.05) is 18.2 Å². The highest BCUT2D eigenvalue weighted by molar-refractivity contribution is 5.73. The number of hydrogen-bond donors (Lipinski definition) is 1. The molecule has 0 saturated carbocycles. The lowest BCUT2D eigenvalue weighted by Gasteiger charge is -2.40. The van der Waals surface area contributed by atoms with Gasteiger partial charge in [0.25, 0.3) is 0 Å². The van der Waals surface area contributed by atoms with Gasteiger partial charge in [-0.25, -0.2) is 4.39 Å². The summed E-state index contributed by atoms with van der Waals surface area (Å²) >= 11 is 0. The molecule has 204 valence electrons. The number of halogens is 1. The Bertz CT molecular complexity index is 1180. The largest absolute Gasteiger partial charge is 0.461 e. The highest BCUT2D eigenvalue weighted by atomic mass is 19.1. The second kappa shape index (κ2) is 13.0. The summed E-state index contributed by atoms with van der Waals surface area (Å²) in [7, 11) is 0. The van der Waals surface area contributed by atoms with Gasteiger partial charge in [0.15, 0.2) is 12.2 Å². The van der Waals surface area contributed by atoms with Crippen LogP contribution in [0, 0.1) is 5.82 Å². The molecule has 0 bridgehead atoms. The van der Waals surface area contributed by atoms with Crippen LogP contribution in [-0.4, -0.2) is 61.6 Å². The molecule has 1 aliphatic heterocycles. The monoisotopic (exact) mass is 531 g/mol. The summed E-state index contributed by atoms with van der Waals surface area (Å²) in [6.45, 7) is 5.14. The van der Waals surface area contributed by atoms with Crippen LogP contribution in [0.4, 0.5) is 4.39 Å². The first-order chi connectivity index (χ1) is 18.0. The molecule has 0 aromatic heterocycles. The Morgan fingerprint density at radius 1 is 0.921 bits per heavy atom. The number of carbonyl (C=O) groups is 4. The van der Waals surface area contributed by atoms with Crippen LogP contribution in [-0.2, 0) is 44.5 Å². The van der Waals surface area contributed by atoms with E-state index in [2.05, 4.69) is 5.32 Å². The van der Waals surface area contributed by atoms with Gasteiger partial charge in [-0.05, 0) is 47.4 Å². The van der Waals surface area contributed by atoms with E-state index in [-0.39, 0.29) is 12.5 Å². The Labute approximate surface area is 219 Å². The lowest BCUT2D eigenvalue weighted by molar-refractivity contribution is -0.259. The molecule has 2 aromatic rings. The van der Waals surface area contributed by atoms with Crippen molar-refractivity contribution in [2.75, 3.05) is 13.2 Å². The van der Waals surface area contributed by atoms with Crippen LogP contribution in [0.5, 0.6) is 5.75 Å². The van der Waals surface area contributed by atoms with Crippen molar-refractivity contribution in [1.82, 2.24) is 5.32 Å². The molecule has 11 heteroatoms. The van der Waals surface area contributed by atoms with Crippen LogP contribution in [0.3, 0.4) is 0 Å². The minimum atomic E-state index is -1.26. The van der Waals surface area contributed by atoms with Crippen LogP contribution in [0.2, 0.25) is 0 Å². The van der Waals surface area contributed by atoms with Gasteiger partial charge < -0.3 is 29.0 Å². The summed E-state index contributed by atoms with van der Waals surface area (Å²) in [6.07, 6.45) is -4.22. The third-order valence-corrected chi connectivity index (χ3v) is 5.54. The van der Waals surface area contributed by atoms with Crippen molar-refractivity contribution in [3.63, 3.8) is 0 Å². The summed E-state index contributed by atoms with van der Waals surface area (Å²) in [5.41, 5.74) is 2.06. The van der Waals surface area contributed by atoms with Gasteiger partial charge in [0.2, 0.25) is 18.3 Å². The minimum Gasteiger partial charge on any atom is -0.461 e. The standard InChI is InChI=1S/C27H30FNO9/c1-15(30)29-11-10-19-8-9-22(13-23(19)20-6-5-7-21(28)12-20)38-27-26(37-18(4)33)25(36-17(3)32)24(14-34-27)35-16(2)31/h5-9,12-13,24-27H,10-11,14H2,1-4H3,(H,29,30)/t24-,25-,26+,27?/m0/s1. The molecule has 1 saturated heterocycles. The number of carbonyl (C=O) groups excluding carboxylic acids is 4. The molecule has 2 aromatic carbocycles. The zero-order chi connectivity index (χ0) is 27.8. The quantitative estimate of drug-likeness (QED) is 0.384. The summed E-state index contributed by atoms with van der Waals surface area (Å²) in [4.78, 5) is 46.6. The Morgan fingerprint density at radius 2 is 1.61 bits per heavy atom. The van der Waals surface area contributed by atoms with E-state index in [9.17, 15) is 23.6 Å². The van der Waals surface area contributed by atoms with E-state index in [0.717, 1.165) is 5.56 Å². The number of nitrogens with one attached hydrogen (secondary N) is 1. The molecule has 3 rings (SSSR count). The summed E-state index contributed by atoms with van der Waals surface area (Å²) in [6, 6.07) is 11.1. The Hall–Kier alpha value is -3.99. The van der Waals surface area contributed by atoms with Crippen molar-refractivity contribution >= 4 is 23.8 Å². The lowest BCUT2D eigenvalue weighted by Crippen LogP contribution is -2.59. The van der Waals surface area contributed by atoms with Gasteiger partial charge in [-0.2, -0.15) is 0 Å². The molecular weight excluding hydrogens is 501 g/mol. The molecule has 1 aliphatic rings. The maximum atomic E-state index is 14.0. The fourth-order valence-corrected chi connectivity index (χ4v) is 4.09. The summed E-state index contributed by atoms with van der Waals surface area (Å²) in [5.74, 6) is -2.30. The third-order valence-electron chi connectivity index (χ3n) is 5.54. The first kappa shape index (κ1) is 28.6. The average molecular weight is 532 g/mol. The van der Waals surface area contributed by atoms with Crippen LogP contribution in [0.25, 0.3) is 11.1 Å². The van der Waals surface area contributed by atoms with Crippen LogP contribution < -0.4 is 10.1 Å². The maximum absolute atomic E-state index is 14.0. The van der Waals surface area contributed by atoms with Gasteiger partial charge in [0.1, 0.15) is 11.6 Å². The number of benzene rings is 2. The number of amides is 1. The van der Waals surface area contributed by atoms with Crippen molar-refractivity contribution in [2.24, 2.45) is 0 Å². The number of ether oxygens (including phenoxy) is 5. The zero-order valence-corrected chi connectivity index (χ0v) is 21.5. The molecule has 0 radical (unpaired) electrons. The second-order valence-corrected chi connectivity index (χ2v) is 8.68. The number of esters is 3. The Morgan fingerprint density at radius 3 is 2.24 bits per heavy atom. The zero-order valence-electron chi connectivity index (χ0n) is 21.5. The Balaban J connectivity index is 1.93. The van der Waals surface area contributed by atoms with Crippen molar-refractivity contribution in [1.29, 1.82) is 0 Å². The Kier molecular flexibility index (Phi) is 9.78. The number of hydrogen-bond acceptors (Lipinski definition) is 9. The minimum absolute atomic E-state index is 0.169. The van der Waals surface area contributed by atoms with E-state index in [1.54, 1.807) is 30.3 Å². The van der Waals surface area contributed by atoms with E-state index in [4.69, 9.17) is 23.7 Å². The fraction of sp³-hybridized carbons (Fsp3) is 0.407. The molecule has 0 aliphatic carbocycles. The average Bonchev–Trinajstić information content (AvgIpc) is 2.82. The molecule has 4 atom stereocenters. The molecular formula is C27H30FNO9. The second-order valence-electron chi connectivity index (χ2n) is 8.68. The molecule has 38 heavy (non-hydrogen) atoms. The normalized spacial score (nSPS) is 20.7. The topological polar surface area (TPSA) is 126 Å². The molecule has 1 fully saturated rings. The fourth-order valence-electron chi connectivity index (χ4n) is 4.09. The summed E-state index contributed by atoms with van der Waals surface area (Å²) < 4.78 is 41.7. The van der Waals surface area contributed by atoms with E-state index in [1.165, 1.54) is 39.8 Å². The predicted octanol–water partition coefficient (Wildman–Crippen LogP) is 2.70. The highest BCUT2D eigenvalue weighted by Gasteiger charge is 2.48. The molecule has 10 nitrogen and oxygen atoms in total. The van der Waals surface area contributed by atoms with Crippen LogP contribution >= 0.6 is 0 Å². The van der Waals surface area contributed by atoms with Gasteiger partial charge in [-0.3, -0.25) is 19.2 Å². The van der Waals surface area contributed by atoms with Gasteiger partial charge in [-0.15, -0.1) is 0 Å². The van der Waals surface area contributed by atoms with Crippen LogP contribution in [0.15, 0.2) is 42.5 Å². The van der Waals surface area contributed by atoms with Crippen molar-refractivity contribution in [2.45, 2.75) is 58.7 Å². The van der Waals surface area contributed by atoms with Crippen molar-refractivity contribution in [3.05, 3.63) is 53.8 Å². The molecule has 1 unspecified atom stereocenters. The van der Waals surface area contributed by atoms with E-state index in [1.807, 2.05) is 0 Å². The molecule has 1 N–H and O–H groups in total. The highest BCUT2D eigenvalue weighted by Crippen LogP contribution is 2.32. The SMILES string of the molecule is CC(=O)NCCc1ccc(OC2OC[C@H](OC(C)=O)[C@H](OC(C)=O)[C@H]2OC(C)=O)cc1-c1cccc(F)c1. The predicted molar refractivity (Wildman–Crippen MR) is 131 cm³/mol. The first-order valence-electron chi connectivity index (χ1n) is 12.0. The maximum Gasteiger partial charge on any atom is 0.303 e. The van der Waals surface area contributed by atoms with E-state index >= 15 is 0 Å². The van der Waals surface area contributed by atoms with Gasteiger partial charge in [0, 0.05) is 34.2 Å². The number of rotatable bonds is 9. The first-order valence-corrected chi connectivity index (χ1v) is 12.0. The molecule has 1 amide bonds. The smallest absolute Gasteiger partial charge is 0.303 e. The van der Waals surface area contributed by atoms with Gasteiger partial charge >= 0.3 is 17.9 Å². The van der Waals surface area contributed by atoms with E-state index in [0.29, 0.717) is 29.8 Å². The van der Waals surface area contributed by atoms with Gasteiger partial charge in [0.05, 0.1) is 6.61 Å². The summed E-state index contributed by atoms with van der Waals surface area (Å²) in [5, 5.41) is 2.74. The van der Waals surface area contributed by atoms with Crippen molar-refractivity contribution in [3.8, 4) is 16.9 Å².